The molecule has 3 heteroatoms. The highest BCUT2D eigenvalue weighted by Gasteiger charge is 2.46. The van der Waals surface area contributed by atoms with Gasteiger partial charge in [0, 0.05) is 6.10 Å². The monoisotopic (exact) mass is 272 g/mol. The van der Waals surface area contributed by atoms with Gasteiger partial charge in [0.1, 0.15) is 0 Å². The minimum absolute atomic E-state index is 0.137. The van der Waals surface area contributed by atoms with Crippen molar-refractivity contribution < 1.29 is 9.53 Å². The van der Waals surface area contributed by atoms with Gasteiger partial charge >= 0.3 is 0 Å². The molecule has 1 rings (SSSR count). The van der Waals surface area contributed by atoms with E-state index in [1.54, 1.807) is 0 Å². The Hall–Kier alpha value is 0.137. The maximum Gasteiger partial charge on any atom is 0.200 e. The lowest BCUT2D eigenvalue weighted by Crippen LogP contribution is -2.51. The minimum Gasteiger partial charge on any atom is -0.413 e. The first kappa shape index (κ1) is 16.2. The molecule has 0 aromatic carbocycles. The van der Waals surface area contributed by atoms with Crippen molar-refractivity contribution in [2.45, 2.75) is 96.1 Å². The Kier molecular flexibility index (Phi) is 5.88. The van der Waals surface area contributed by atoms with E-state index in [1.807, 2.05) is 0 Å². The summed E-state index contributed by atoms with van der Waals surface area (Å²) in [4.78, 5) is 0. The van der Waals surface area contributed by atoms with Crippen molar-refractivity contribution in [1.29, 1.82) is 0 Å². The topological polar surface area (TPSA) is 29.5 Å². The first-order valence-corrected chi connectivity index (χ1v) is 9.80. The second kappa shape index (κ2) is 6.53. The van der Waals surface area contributed by atoms with Gasteiger partial charge < -0.3 is 9.53 Å². The predicted molar refractivity (Wildman–Crippen MR) is 80.4 cm³/mol. The van der Waals surface area contributed by atoms with Crippen LogP contribution in [0.15, 0.2) is 0 Å². The van der Waals surface area contributed by atoms with E-state index in [9.17, 15) is 5.11 Å². The molecule has 2 atom stereocenters. The van der Waals surface area contributed by atoms with Gasteiger partial charge in [-0.25, -0.2) is 0 Å². The quantitative estimate of drug-likeness (QED) is 0.748. The third-order valence-electron chi connectivity index (χ3n) is 4.68. The Morgan fingerprint density at radius 1 is 0.944 bits per heavy atom. The van der Waals surface area contributed by atoms with E-state index in [4.69, 9.17) is 4.43 Å². The summed E-state index contributed by atoms with van der Waals surface area (Å²) < 4.78 is 6.71. The van der Waals surface area contributed by atoms with Gasteiger partial charge in [-0.15, -0.1) is 0 Å². The average molecular weight is 273 g/mol. The van der Waals surface area contributed by atoms with Crippen molar-refractivity contribution >= 4 is 8.32 Å². The first-order valence-electron chi connectivity index (χ1n) is 7.66. The summed E-state index contributed by atoms with van der Waals surface area (Å²) in [5.41, 5.74) is 1.91. The highest BCUT2D eigenvalue weighted by atomic mass is 28.4. The Bertz CT molecular complexity index is 229. The third-order valence-corrected chi connectivity index (χ3v) is 10.8. The molecular weight excluding hydrogens is 240 g/mol. The van der Waals surface area contributed by atoms with Crippen LogP contribution in [0.1, 0.15) is 67.2 Å². The lowest BCUT2D eigenvalue weighted by atomic mass is 9.95. The molecule has 2 nitrogen and oxygen atoms in total. The molecule has 2 unspecified atom stereocenters. The van der Waals surface area contributed by atoms with E-state index in [-0.39, 0.29) is 6.10 Å². The molecule has 0 heterocycles. The lowest BCUT2D eigenvalue weighted by Gasteiger charge is -2.45. The van der Waals surface area contributed by atoms with Gasteiger partial charge in [-0.1, -0.05) is 41.5 Å². The second-order valence-electron chi connectivity index (χ2n) is 6.88. The number of hydrogen-bond acceptors (Lipinski definition) is 2. The fourth-order valence-electron chi connectivity index (χ4n) is 3.92. The lowest BCUT2D eigenvalue weighted by molar-refractivity contribution is 0.0443. The van der Waals surface area contributed by atoms with E-state index >= 15 is 0 Å². The summed E-state index contributed by atoms with van der Waals surface area (Å²) in [7, 11) is -1.76. The first-order chi connectivity index (χ1) is 8.30. The predicted octanol–water partition coefficient (Wildman–Crippen LogP) is 4.48. The van der Waals surface area contributed by atoms with Crippen molar-refractivity contribution in [3.63, 3.8) is 0 Å². The smallest absolute Gasteiger partial charge is 0.200 e. The van der Waals surface area contributed by atoms with Gasteiger partial charge in [0.25, 0.3) is 0 Å². The largest absolute Gasteiger partial charge is 0.413 e. The van der Waals surface area contributed by atoms with Crippen LogP contribution in [0, 0.1) is 0 Å². The number of rotatable bonds is 5. The molecule has 0 aromatic rings. The van der Waals surface area contributed by atoms with Crippen molar-refractivity contribution in [2.75, 3.05) is 0 Å². The van der Waals surface area contributed by atoms with Crippen LogP contribution in [0.4, 0.5) is 0 Å². The molecule has 0 bridgehead atoms. The number of hydrogen-bond donors (Lipinski definition) is 1. The maximum absolute atomic E-state index is 9.83. The second-order valence-corrected chi connectivity index (χ2v) is 12.3. The Morgan fingerprint density at radius 2 is 1.44 bits per heavy atom. The van der Waals surface area contributed by atoms with Crippen LogP contribution in [0.5, 0.6) is 0 Å². The molecule has 0 radical (unpaired) electrons. The van der Waals surface area contributed by atoms with Gasteiger partial charge in [-0.05, 0) is 42.3 Å². The zero-order valence-corrected chi connectivity index (χ0v) is 14.1. The molecular formula is C15H32O2Si. The van der Waals surface area contributed by atoms with Crippen LogP contribution in [-0.4, -0.2) is 25.6 Å². The molecule has 0 spiro atoms. The normalized spacial score (nSPS) is 26.3. The van der Waals surface area contributed by atoms with Crippen LogP contribution in [0.3, 0.4) is 0 Å². The molecule has 0 saturated heterocycles. The highest BCUT2D eigenvalue weighted by molar-refractivity contribution is 6.77. The molecule has 1 N–H and O–H groups in total. The molecule has 0 aliphatic heterocycles. The van der Waals surface area contributed by atoms with Crippen molar-refractivity contribution in [2.24, 2.45) is 0 Å². The summed E-state index contributed by atoms with van der Waals surface area (Å²) in [5, 5.41) is 9.83. The van der Waals surface area contributed by atoms with Crippen LogP contribution >= 0.6 is 0 Å². The third kappa shape index (κ3) is 3.37. The molecule has 0 aromatic heterocycles. The van der Waals surface area contributed by atoms with Crippen molar-refractivity contribution in [1.82, 2.24) is 0 Å². The van der Waals surface area contributed by atoms with Crippen LogP contribution in [0.25, 0.3) is 0 Å². The molecule has 1 aliphatic rings. The molecule has 1 saturated carbocycles. The van der Waals surface area contributed by atoms with E-state index in [2.05, 4.69) is 41.5 Å². The van der Waals surface area contributed by atoms with E-state index < -0.39 is 8.32 Å². The maximum atomic E-state index is 9.83. The Labute approximate surface area is 114 Å². The van der Waals surface area contributed by atoms with Gasteiger partial charge in [-0.2, -0.15) is 0 Å². The minimum atomic E-state index is -1.76. The fourth-order valence-corrected chi connectivity index (χ4v) is 9.53. The molecule has 1 aliphatic carbocycles. The molecule has 0 amide bonds. The zero-order valence-electron chi connectivity index (χ0n) is 13.1. The number of aliphatic hydroxyl groups excluding tert-OH is 1. The summed E-state index contributed by atoms with van der Waals surface area (Å²) in [6.45, 7) is 13.9. The highest BCUT2D eigenvalue weighted by Crippen LogP contribution is 2.44. The summed E-state index contributed by atoms with van der Waals surface area (Å²) in [6, 6.07) is 0. The standard InChI is InChI=1S/C15H32O2Si/c1-11(2)18(12(3)4,13(5)6)17-15-9-7-8-14(16)10-15/h11-16H,7-10H2,1-6H3. The SMILES string of the molecule is CC(C)[Si](OC1CCCC(O)C1)(C(C)C)C(C)C. The fraction of sp³-hybridized carbons (Fsp3) is 1.00. The van der Waals surface area contributed by atoms with E-state index in [1.165, 1.54) is 0 Å². The molecule has 18 heavy (non-hydrogen) atoms. The van der Waals surface area contributed by atoms with Crippen LogP contribution < -0.4 is 0 Å². The Balaban J connectivity index is 2.83. The number of aliphatic hydroxyl groups is 1. The molecule has 108 valence electrons. The summed E-state index contributed by atoms with van der Waals surface area (Å²) >= 11 is 0. The van der Waals surface area contributed by atoms with Gasteiger partial charge in [0.05, 0.1) is 6.10 Å². The van der Waals surface area contributed by atoms with Crippen LogP contribution in [0.2, 0.25) is 16.6 Å². The van der Waals surface area contributed by atoms with Crippen molar-refractivity contribution in [3.8, 4) is 0 Å². The summed E-state index contributed by atoms with van der Waals surface area (Å²) in [5.74, 6) is 0. The van der Waals surface area contributed by atoms with E-state index in [0.717, 1.165) is 25.7 Å². The van der Waals surface area contributed by atoms with Gasteiger partial charge in [-0.3, -0.25) is 0 Å². The average Bonchev–Trinajstić information content (AvgIpc) is 2.24. The van der Waals surface area contributed by atoms with Crippen LogP contribution in [-0.2, 0) is 4.43 Å². The summed E-state index contributed by atoms with van der Waals surface area (Å²) in [6.07, 6.45) is 4.22. The van der Waals surface area contributed by atoms with Gasteiger partial charge in [0.15, 0.2) is 0 Å². The zero-order chi connectivity index (χ0) is 13.9. The van der Waals surface area contributed by atoms with E-state index in [0.29, 0.717) is 22.7 Å². The van der Waals surface area contributed by atoms with Crippen molar-refractivity contribution in [3.05, 3.63) is 0 Å². The van der Waals surface area contributed by atoms with Gasteiger partial charge in [0.2, 0.25) is 8.32 Å². The Morgan fingerprint density at radius 3 is 1.83 bits per heavy atom. The molecule has 1 fully saturated rings.